The Morgan fingerprint density at radius 2 is 1.23 bits per heavy atom. The molecule has 0 amide bonds. The molecular weight excluding hydrogens is 428 g/mol. The molecule has 0 aromatic heterocycles. The van der Waals surface area contributed by atoms with Crippen molar-refractivity contribution in [1.82, 2.24) is 0 Å². The fraction of sp³-hybridized carbons (Fsp3) is 1.00. The summed E-state index contributed by atoms with van der Waals surface area (Å²) in [6.07, 6.45) is 8.38. The van der Waals surface area contributed by atoms with Gasteiger partial charge in [-0.2, -0.15) is 0 Å². The number of rotatable bonds is 14. The van der Waals surface area contributed by atoms with E-state index < -0.39 is 7.82 Å². The maximum atomic E-state index is 11.8. The summed E-state index contributed by atoms with van der Waals surface area (Å²) >= 11 is 0. The van der Waals surface area contributed by atoms with Gasteiger partial charge in [0.15, 0.2) is 0 Å². The van der Waals surface area contributed by atoms with Crippen molar-refractivity contribution in [2.45, 2.75) is 79.1 Å². The summed E-state index contributed by atoms with van der Waals surface area (Å²) in [5, 5.41) is 0. The Kier molecular flexibility index (Phi) is 18.7. The summed E-state index contributed by atoms with van der Waals surface area (Å²) in [4.78, 5) is 11.8. The van der Waals surface area contributed by atoms with Crippen LogP contribution in [0.4, 0.5) is 0 Å². The quantitative estimate of drug-likeness (QED) is 0.344. The average Bonchev–Trinajstić information content (AvgIpc) is 2.47. The molecule has 0 saturated carbocycles. The fourth-order valence-corrected chi connectivity index (χ4v) is 3.09. The Hall–Kier alpha value is 1.47. The number of hydrogen-bond acceptors (Lipinski definition) is 4. The maximum Gasteiger partial charge on any atom is 0.267 e. The molecule has 1 radical (unpaired) electrons. The molecule has 4 nitrogen and oxygen atoms in total. The molecule has 0 fully saturated rings. The Morgan fingerprint density at radius 3 is 1.50 bits per heavy atom. The van der Waals surface area contributed by atoms with Crippen molar-refractivity contribution < 1.29 is 59.8 Å². The predicted molar refractivity (Wildman–Crippen MR) is 86.1 cm³/mol. The van der Waals surface area contributed by atoms with E-state index in [4.69, 9.17) is 9.05 Å². The zero-order chi connectivity index (χ0) is 16.1. The van der Waals surface area contributed by atoms with Gasteiger partial charge in [-0.1, -0.05) is 66.2 Å². The van der Waals surface area contributed by atoms with Gasteiger partial charge in [-0.05, 0) is 24.7 Å². The number of phosphoric acid groups is 1. The number of phosphoric ester groups is 1. The van der Waals surface area contributed by atoms with Crippen molar-refractivity contribution >= 4 is 7.82 Å². The summed E-state index contributed by atoms with van der Waals surface area (Å²) in [6.45, 7) is 8.91. The van der Waals surface area contributed by atoms with Crippen molar-refractivity contribution in [1.29, 1.82) is 0 Å². The monoisotopic (exact) mass is 462 g/mol. The van der Waals surface area contributed by atoms with E-state index in [9.17, 15) is 9.46 Å². The van der Waals surface area contributed by atoms with Gasteiger partial charge < -0.3 is 13.9 Å². The van der Waals surface area contributed by atoms with Crippen LogP contribution in [-0.4, -0.2) is 13.2 Å². The molecule has 0 saturated heterocycles. The molecule has 0 heterocycles. The molecule has 2 unspecified atom stereocenters. The molecule has 22 heavy (non-hydrogen) atoms. The van der Waals surface area contributed by atoms with E-state index in [2.05, 4.69) is 27.7 Å². The smallest absolute Gasteiger partial charge is 0.267 e. The minimum Gasteiger partial charge on any atom is -0.756 e. The van der Waals surface area contributed by atoms with Gasteiger partial charge in [-0.3, -0.25) is 4.57 Å². The molecule has 0 rings (SSSR count). The average molecular weight is 462 g/mol. The third-order valence-electron chi connectivity index (χ3n) is 4.02. The minimum absolute atomic E-state index is 0. The van der Waals surface area contributed by atoms with Gasteiger partial charge >= 0.3 is 0 Å². The number of unbranched alkanes of at least 4 members (excludes halogenated alkanes) is 2. The van der Waals surface area contributed by atoms with Crippen LogP contribution in [0.5, 0.6) is 0 Å². The Morgan fingerprint density at radius 1 is 0.864 bits per heavy atom. The molecule has 0 bridgehead atoms. The zero-order valence-corrected chi connectivity index (χ0v) is 19.5. The van der Waals surface area contributed by atoms with E-state index in [-0.39, 0.29) is 54.5 Å². The zero-order valence-electron chi connectivity index (χ0n) is 14.9. The fourth-order valence-electron chi connectivity index (χ4n) is 2.23. The van der Waals surface area contributed by atoms with Crippen LogP contribution in [0, 0.1) is 53.1 Å². The topological polar surface area (TPSA) is 58.6 Å². The normalized spacial score (nSPS) is 16.6. The van der Waals surface area contributed by atoms with E-state index in [1.54, 1.807) is 0 Å². The molecule has 0 spiro atoms. The second-order valence-electron chi connectivity index (χ2n) is 5.87. The van der Waals surface area contributed by atoms with Crippen LogP contribution in [0.2, 0.25) is 0 Å². The van der Waals surface area contributed by atoms with Crippen LogP contribution in [-0.2, 0) is 13.6 Å². The van der Waals surface area contributed by atoms with Crippen LogP contribution in [0.15, 0.2) is 0 Å². The molecule has 6 heteroatoms. The second-order valence-corrected chi connectivity index (χ2v) is 7.28. The summed E-state index contributed by atoms with van der Waals surface area (Å²) in [7, 11) is -4.14. The first-order valence-corrected chi connectivity index (χ1v) is 10.0. The van der Waals surface area contributed by atoms with Gasteiger partial charge in [0.05, 0.1) is 13.2 Å². The Bertz CT molecular complexity index is 265. The van der Waals surface area contributed by atoms with Gasteiger partial charge in [0.1, 0.15) is 0 Å². The van der Waals surface area contributed by atoms with Gasteiger partial charge in [-0.25, -0.2) is 0 Å². The number of hydrogen-bond donors (Lipinski definition) is 0. The van der Waals surface area contributed by atoms with Crippen LogP contribution < -0.4 is 4.89 Å². The van der Waals surface area contributed by atoms with Crippen molar-refractivity contribution in [3.63, 3.8) is 0 Å². The van der Waals surface area contributed by atoms with Crippen LogP contribution in [0.25, 0.3) is 0 Å². The van der Waals surface area contributed by atoms with Crippen molar-refractivity contribution in [2.75, 3.05) is 13.2 Å². The molecule has 0 aliphatic heterocycles. The van der Waals surface area contributed by atoms with E-state index in [1.165, 1.54) is 0 Å². The summed E-state index contributed by atoms with van der Waals surface area (Å²) in [5.41, 5.74) is 0. The van der Waals surface area contributed by atoms with Crippen LogP contribution >= 0.6 is 7.82 Å². The third kappa shape index (κ3) is 13.9. The molecule has 0 N–H and O–H groups in total. The standard InChI is InChI=1S/C16H35O4P.Pr/c1-5-9-11-15(7-3)13-19-21(17,18)20-14-16(8-4)12-10-6-2;/h15-16H,5-14H2,1-4H3,(H,17,18);/p-1. The Labute approximate surface area is 170 Å². The molecular formula is C16H34O4PPr-. The summed E-state index contributed by atoms with van der Waals surface area (Å²) < 4.78 is 21.9. The van der Waals surface area contributed by atoms with E-state index in [0.717, 1.165) is 51.4 Å². The van der Waals surface area contributed by atoms with Gasteiger partial charge in [0.25, 0.3) is 7.82 Å². The first-order valence-electron chi connectivity index (χ1n) is 8.59. The van der Waals surface area contributed by atoms with Gasteiger partial charge in [-0.15, -0.1) is 0 Å². The summed E-state index contributed by atoms with van der Waals surface area (Å²) in [5.74, 6) is 0.607. The van der Waals surface area contributed by atoms with Crippen LogP contribution in [0.3, 0.4) is 0 Å². The molecule has 131 valence electrons. The van der Waals surface area contributed by atoms with Crippen molar-refractivity contribution in [3.05, 3.63) is 0 Å². The van der Waals surface area contributed by atoms with Gasteiger partial charge in [0, 0.05) is 41.3 Å². The third-order valence-corrected chi connectivity index (χ3v) is 4.95. The maximum absolute atomic E-state index is 11.8. The van der Waals surface area contributed by atoms with Crippen LogP contribution in [0.1, 0.15) is 79.1 Å². The van der Waals surface area contributed by atoms with Crippen molar-refractivity contribution in [2.24, 2.45) is 11.8 Å². The largest absolute Gasteiger partial charge is 0.756 e. The minimum atomic E-state index is -4.14. The predicted octanol–water partition coefficient (Wildman–Crippen LogP) is 4.92. The first kappa shape index (κ1) is 25.7. The molecule has 0 aromatic rings. The SMILES string of the molecule is CCCCC(CC)COP(=O)([O-])OCC(CC)CCCC.[Pr]. The summed E-state index contributed by atoms with van der Waals surface area (Å²) in [6, 6.07) is 0. The Balaban J connectivity index is 0. The first-order chi connectivity index (χ1) is 9.99. The van der Waals surface area contributed by atoms with E-state index in [1.807, 2.05) is 0 Å². The molecule has 0 aliphatic rings. The molecule has 2 atom stereocenters. The van der Waals surface area contributed by atoms with E-state index >= 15 is 0 Å². The van der Waals surface area contributed by atoms with Crippen molar-refractivity contribution in [3.8, 4) is 0 Å². The molecule has 0 aromatic carbocycles. The second kappa shape index (κ2) is 16.0. The molecule has 0 aliphatic carbocycles. The van der Waals surface area contributed by atoms with E-state index in [0.29, 0.717) is 11.8 Å². The van der Waals surface area contributed by atoms with Gasteiger partial charge in [0.2, 0.25) is 0 Å².